The van der Waals surface area contributed by atoms with Crippen LogP contribution in [0.4, 0.5) is 5.69 Å². The summed E-state index contributed by atoms with van der Waals surface area (Å²) in [5.74, 6) is 0.972. The molecule has 84 valence electrons. The van der Waals surface area contributed by atoms with Gasteiger partial charge in [0.25, 0.3) is 0 Å². The van der Waals surface area contributed by atoms with Crippen LogP contribution in [0.15, 0.2) is 41.1 Å². The van der Waals surface area contributed by atoms with Crippen molar-refractivity contribution in [3.63, 3.8) is 0 Å². The Morgan fingerprint density at radius 3 is 3.06 bits per heavy atom. The second kappa shape index (κ2) is 5.03. The van der Waals surface area contributed by atoms with E-state index >= 15 is 0 Å². The number of furan rings is 1. The van der Waals surface area contributed by atoms with Gasteiger partial charge in [-0.05, 0) is 31.2 Å². The van der Waals surface area contributed by atoms with Crippen molar-refractivity contribution >= 4 is 17.3 Å². The zero-order valence-corrected chi connectivity index (χ0v) is 9.74. The lowest BCUT2D eigenvalue weighted by atomic mass is 10.2. The third kappa shape index (κ3) is 3.00. The maximum atomic E-state index is 5.80. The van der Waals surface area contributed by atoms with Crippen molar-refractivity contribution in [3.8, 4) is 0 Å². The van der Waals surface area contributed by atoms with Crippen LogP contribution in [0.1, 0.15) is 12.7 Å². The van der Waals surface area contributed by atoms with Crippen molar-refractivity contribution < 1.29 is 4.42 Å². The zero-order valence-electron chi connectivity index (χ0n) is 8.98. The predicted molar refractivity (Wildman–Crippen MR) is 64.7 cm³/mol. The van der Waals surface area contributed by atoms with Gasteiger partial charge in [0.2, 0.25) is 0 Å². The Labute approximate surface area is 99.5 Å². The first-order valence-corrected chi connectivity index (χ1v) is 5.52. The Kier molecular flexibility index (Phi) is 3.47. The molecule has 0 bridgehead atoms. The predicted octanol–water partition coefficient (Wildman–Crippen LogP) is 3.37. The molecule has 0 aliphatic rings. The first kappa shape index (κ1) is 11.0. The fourth-order valence-corrected chi connectivity index (χ4v) is 1.73. The van der Waals surface area contributed by atoms with Gasteiger partial charge in [-0.2, -0.15) is 0 Å². The van der Waals surface area contributed by atoms with E-state index in [4.69, 9.17) is 16.0 Å². The minimum atomic E-state index is 0.282. The normalized spacial score (nSPS) is 12.4. The lowest BCUT2D eigenvalue weighted by Crippen LogP contribution is -2.17. The molecule has 0 aliphatic carbocycles. The maximum absolute atomic E-state index is 5.80. The van der Waals surface area contributed by atoms with Crippen molar-refractivity contribution in [1.29, 1.82) is 0 Å². The highest BCUT2D eigenvalue weighted by Crippen LogP contribution is 2.14. The topological polar surface area (TPSA) is 38.1 Å². The Balaban J connectivity index is 1.94. The molecule has 16 heavy (non-hydrogen) atoms. The molecule has 0 aromatic carbocycles. The molecule has 0 amide bonds. The number of aromatic nitrogens is 1. The Hall–Kier alpha value is -1.48. The van der Waals surface area contributed by atoms with Gasteiger partial charge in [-0.25, -0.2) is 4.98 Å². The molecule has 0 aliphatic heterocycles. The molecule has 1 unspecified atom stereocenters. The number of nitrogens with zero attached hydrogens (tertiary/aromatic N) is 1. The number of hydrogen-bond donors (Lipinski definition) is 1. The maximum Gasteiger partial charge on any atom is 0.131 e. The fourth-order valence-electron chi connectivity index (χ4n) is 1.56. The molecule has 2 rings (SSSR count). The van der Waals surface area contributed by atoms with E-state index in [-0.39, 0.29) is 6.04 Å². The zero-order chi connectivity index (χ0) is 11.4. The largest absolute Gasteiger partial charge is 0.469 e. The van der Waals surface area contributed by atoms with Crippen LogP contribution in [-0.2, 0) is 6.42 Å². The summed E-state index contributed by atoms with van der Waals surface area (Å²) in [6, 6.07) is 7.85. The van der Waals surface area contributed by atoms with Gasteiger partial charge < -0.3 is 9.73 Å². The molecule has 0 spiro atoms. The lowest BCUT2D eigenvalue weighted by Gasteiger charge is -2.13. The van der Waals surface area contributed by atoms with Gasteiger partial charge in [0.15, 0.2) is 0 Å². The smallest absolute Gasteiger partial charge is 0.131 e. The van der Waals surface area contributed by atoms with Gasteiger partial charge in [0.1, 0.15) is 10.9 Å². The number of nitrogens with one attached hydrogen (secondary N) is 1. The quantitative estimate of drug-likeness (QED) is 0.828. The summed E-state index contributed by atoms with van der Waals surface area (Å²) in [6.45, 7) is 2.09. The van der Waals surface area contributed by atoms with E-state index < -0.39 is 0 Å². The Morgan fingerprint density at radius 2 is 2.38 bits per heavy atom. The molecule has 3 nitrogen and oxygen atoms in total. The van der Waals surface area contributed by atoms with Crippen molar-refractivity contribution in [2.75, 3.05) is 5.32 Å². The lowest BCUT2D eigenvalue weighted by molar-refractivity contribution is 0.498. The minimum Gasteiger partial charge on any atom is -0.469 e. The summed E-state index contributed by atoms with van der Waals surface area (Å²) in [7, 11) is 0. The van der Waals surface area contributed by atoms with Gasteiger partial charge in [0, 0.05) is 24.3 Å². The van der Waals surface area contributed by atoms with E-state index in [0.29, 0.717) is 5.15 Å². The number of rotatable bonds is 4. The summed E-state index contributed by atoms with van der Waals surface area (Å²) in [5, 5.41) is 3.83. The number of halogens is 1. The van der Waals surface area contributed by atoms with E-state index in [2.05, 4.69) is 17.2 Å². The Morgan fingerprint density at radius 1 is 1.50 bits per heavy atom. The minimum absolute atomic E-state index is 0.282. The van der Waals surface area contributed by atoms with Crippen molar-refractivity contribution in [2.24, 2.45) is 0 Å². The van der Waals surface area contributed by atoms with E-state index in [0.717, 1.165) is 17.9 Å². The Bertz CT molecular complexity index is 442. The van der Waals surface area contributed by atoms with E-state index in [1.807, 2.05) is 18.2 Å². The van der Waals surface area contributed by atoms with E-state index in [9.17, 15) is 0 Å². The van der Waals surface area contributed by atoms with Crippen LogP contribution in [0.2, 0.25) is 5.15 Å². The number of pyridine rings is 1. The van der Waals surface area contributed by atoms with Crippen LogP contribution in [0.5, 0.6) is 0 Å². The van der Waals surface area contributed by atoms with E-state index in [1.165, 1.54) is 0 Å². The molecule has 2 heterocycles. The van der Waals surface area contributed by atoms with Crippen molar-refractivity contribution in [2.45, 2.75) is 19.4 Å². The molecule has 2 aromatic rings. The molecule has 0 radical (unpaired) electrons. The standard InChI is InChI=1S/C12H13ClN2O/c1-9(7-11-3-2-6-16-11)15-10-4-5-14-12(13)8-10/h2-6,8-9H,7H2,1H3,(H,14,15). The molecule has 0 saturated carbocycles. The summed E-state index contributed by atoms with van der Waals surface area (Å²) < 4.78 is 5.29. The van der Waals surface area contributed by atoms with Gasteiger partial charge in [-0.3, -0.25) is 0 Å². The number of hydrogen-bond acceptors (Lipinski definition) is 3. The summed E-state index contributed by atoms with van der Waals surface area (Å²) >= 11 is 5.80. The average Bonchev–Trinajstić information content (AvgIpc) is 2.70. The van der Waals surface area contributed by atoms with Crippen LogP contribution in [-0.4, -0.2) is 11.0 Å². The summed E-state index contributed by atoms with van der Waals surface area (Å²) in [5.41, 5.74) is 0.971. The van der Waals surface area contributed by atoms with Crippen LogP contribution in [0, 0.1) is 0 Å². The third-order valence-corrected chi connectivity index (χ3v) is 2.43. The van der Waals surface area contributed by atoms with Gasteiger partial charge >= 0.3 is 0 Å². The molecule has 0 saturated heterocycles. The van der Waals surface area contributed by atoms with E-state index in [1.54, 1.807) is 18.5 Å². The second-order valence-corrected chi connectivity index (χ2v) is 4.08. The van der Waals surface area contributed by atoms with Gasteiger partial charge in [-0.1, -0.05) is 11.6 Å². The highest BCUT2D eigenvalue weighted by molar-refractivity contribution is 6.29. The summed E-state index contributed by atoms with van der Waals surface area (Å²) in [6.07, 6.45) is 4.21. The first-order chi connectivity index (χ1) is 7.74. The van der Waals surface area contributed by atoms with Crippen molar-refractivity contribution in [1.82, 2.24) is 4.98 Å². The van der Waals surface area contributed by atoms with Crippen LogP contribution >= 0.6 is 11.6 Å². The van der Waals surface area contributed by atoms with Crippen molar-refractivity contribution in [3.05, 3.63) is 47.6 Å². The summed E-state index contributed by atoms with van der Waals surface area (Å²) in [4.78, 5) is 3.93. The first-order valence-electron chi connectivity index (χ1n) is 5.14. The number of anilines is 1. The van der Waals surface area contributed by atoms with Crippen LogP contribution in [0.3, 0.4) is 0 Å². The molecule has 1 N–H and O–H groups in total. The molecule has 1 atom stereocenters. The van der Waals surface area contributed by atoms with Crippen LogP contribution in [0.25, 0.3) is 0 Å². The van der Waals surface area contributed by atoms with Gasteiger partial charge in [-0.15, -0.1) is 0 Å². The molecular weight excluding hydrogens is 224 g/mol. The second-order valence-electron chi connectivity index (χ2n) is 3.70. The molecule has 4 heteroatoms. The van der Waals surface area contributed by atoms with Gasteiger partial charge in [0.05, 0.1) is 6.26 Å². The van der Waals surface area contributed by atoms with Crippen LogP contribution < -0.4 is 5.32 Å². The monoisotopic (exact) mass is 236 g/mol. The average molecular weight is 237 g/mol. The third-order valence-electron chi connectivity index (χ3n) is 2.23. The fraction of sp³-hybridized carbons (Fsp3) is 0.250. The highest BCUT2D eigenvalue weighted by atomic mass is 35.5. The molecular formula is C12H13ClN2O. The highest BCUT2D eigenvalue weighted by Gasteiger charge is 2.05. The molecule has 0 fully saturated rings. The SMILES string of the molecule is CC(Cc1ccco1)Nc1ccnc(Cl)c1. The molecule has 2 aromatic heterocycles.